The maximum Gasteiger partial charge on any atom is 0.171 e. The fourth-order valence-corrected chi connectivity index (χ4v) is 1.84. The lowest BCUT2D eigenvalue weighted by molar-refractivity contribution is 0.412. The number of nitrogens with one attached hydrogen (secondary N) is 1. The number of benzene rings is 1. The number of anilines is 2. The van der Waals surface area contributed by atoms with Crippen LogP contribution in [0, 0.1) is 0 Å². The molecule has 1 aromatic heterocycles. The Morgan fingerprint density at radius 2 is 2.06 bits per heavy atom. The largest absolute Gasteiger partial charge is 0.495 e. The Morgan fingerprint density at radius 3 is 2.76 bits per heavy atom. The molecule has 2 rings (SSSR count). The van der Waals surface area contributed by atoms with Crippen LogP contribution in [0.3, 0.4) is 0 Å². The van der Waals surface area contributed by atoms with E-state index < -0.39 is 0 Å². The van der Waals surface area contributed by atoms with Gasteiger partial charge in [-0.05, 0) is 28.1 Å². The number of methoxy groups -OCH3 is 1. The number of nitrogens with zero attached hydrogens (tertiary/aromatic N) is 2. The minimum atomic E-state index is 0.328. The van der Waals surface area contributed by atoms with Crippen molar-refractivity contribution < 1.29 is 4.74 Å². The van der Waals surface area contributed by atoms with Gasteiger partial charge in [0.05, 0.1) is 11.6 Å². The molecule has 2 aromatic rings. The van der Waals surface area contributed by atoms with Gasteiger partial charge in [-0.3, -0.25) is 0 Å². The van der Waals surface area contributed by atoms with Crippen LogP contribution < -0.4 is 10.1 Å². The Kier molecular flexibility index (Phi) is 3.81. The van der Waals surface area contributed by atoms with Gasteiger partial charge in [0, 0.05) is 24.1 Å². The normalized spacial score (nSPS) is 10.1. The van der Waals surface area contributed by atoms with Gasteiger partial charge < -0.3 is 10.1 Å². The Hall–Kier alpha value is -1.33. The van der Waals surface area contributed by atoms with E-state index in [1.165, 1.54) is 6.20 Å². The molecule has 0 aliphatic carbocycles. The Labute approximate surface area is 112 Å². The van der Waals surface area contributed by atoms with Crippen molar-refractivity contribution in [3.63, 3.8) is 0 Å². The summed E-state index contributed by atoms with van der Waals surface area (Å²) in [5, 5.41) is 3.40. The summed E-state index contributed by atoms with van der Waals surface area (Å²) in [5.41, 5.74) is 0.826. The molecule has 0 fully saturated rings. The summed E-state index contributed by atoms with van der Waals surface area (Å²) in [6.07, 6.45) is 3.11. The number of hydrogen-bond donors (Lipinski definition) is 1. The van der Waals surface area contributed by atoms with Gasteiger partial charge in [0.2, 0.25) is 0 Å². The monoisotopic (exact) mass is 313 g/mol. The Bertz CT molecular complexity index is 536. The molecule has 0 radical (unpaired) electrons. The van der Waals surface area contributed by atoms with E-state index in [9.17, 15) is 0 Å². The second-order valence-corrected chi connectivity index (χ2v) is 4.38. The average Bonchev–Trinajstić information content (AvgIpc) is 2.34. The van der Waals surface area contributed by atoms with Crippen molar-refractivity contribution in [2.45, 2.75) is 0 Å². The summed E-state index contributed by atoms with van der Waals surface area (Å²) < 4.78 is 6.08. The zero-order valence-corrected chi connectivity index (χ0v) is 11.3. The Balaban J connectivity index is 2.28. The number of aromatic nitrogens is 2. The smallest absolute Gasteiger partial charge is 0.171 e. The zero-order valence-electron chi connectivity index (χ0n) is 8.95. The molecule has 88 valence electrons. The molecular formula is C11H9BrClN3O. The second-order valence-electron chi connectivity index (χ2n) is 3.17. The van der Waals surface area contributed by atoms with Crippen LogP contribution >= 0.6 is 27.5 Å². The first-order chi connectivity index (χ1) is 8.20. The van der Waals surface area contributed by atoms with Crippen molar-refractivity contribution in [2.75, 3.05) is 12.4 Å². The second kappa shape index (κ2) is 5.33. The van der Waals surface area contributed by atoms with Gasteiger partial charge in [0.15, 0.2) is 11.0 Å². The topological polar surface area (TPSA) is 47.0 Å². The average molecular weight is 315 g/mol. The van der Waals surface area contributed by atoms with Crippen LogP contribution in [-0.2, 0) is 0 Å². The predicted octanol–water partition coefficient (Wildman–Crippen LogP) is 3.64. The van der Waals surface area contributed by atoms with Gasteiger partial charge in [0.1, 0.15) is 5.75 Å². The highest BCUT2D eigenvalue weighted by Crippen LogP contribution is 2.29. The summed E-state index contributed by atoms with van der Waals surface area (Å²) in [5.74, 6) is 1.24. The predicted molar refractivity (Wildman–Crippen MR) is 71.0 cm³/mol. The lowest BCUT2D eigenvalue weighted by Gasteiger charge is -2.09. The van der Waals surface area contributed by atoms with Gasteiger partial charge in [-0.25, -0.2) is 9.97 Å². The fourth-order valence-electron chi connectivity index (χ4n) is 1.28. The van der Waals surface area contributed by atoms with Crippen molar-refractivity contribution in [1.82, 2.24) is 9.97 Å². The third-order valence-corrected chi connectivity index (χ3v) is 3.00. The molecule has 4 nitrogen and oxygen atoms in total. The first-order valence-corrected chi connectivity index (χ1v) is 5.95. The molecule has 0 bridgehead atoms. The minimum absolute atomic E-state index is 0.328. The number of halogens is 2. The first-order valence-electron chi connectivity index (χ1n) is 4.78. The molecule has 0 unspecified atom stereocenters. The van der Waals surface area contributed by atoms with E-state index in [1.54, 1.807) is 13.3 Å². The van der Waals surface area contributed by atoms with Gasteiger partial charge in [-0.2, -0.15) is 0 Å². The van der Waals surface area contributed by atoms with Crippen LogP contribution in [-0.4, -0.2) is 17.1 Å². The molecule has 0 aliphatic rings. The van der Waals surface area contributed by atoms with Crippen LogP contribution in [0.4, 0.5) is 11.5 Å². The van der Waals surface area contributed by atoms with E-state index in [0.29, 0.717) is 11.0 Å². The van der Waals surface area contributed by atoms with Gasteiger partial charge in [-0.15, -0.1) is 0 Å². The van der Waals surface area contributed by atoms with Gasteiger partial charge >= 0.3 is 0 Å². The molecule has 1 heterocycles. The van der Waals surface area contributed by atoms with Crippen LogP contribution in [0.1, 0.15) is 0 Å². The summed E-state index contributed by atoms with van der Waals surface area (Å²) in [6.45, 7) is 0. The van der Waals surface area contributed by atoms with Crippen molar-refractivity contribution >= 4 is 39.0 Å². The summed E-state index contributed by atoms with van der Waals surface area (Å²) in [4.78, 5) is 8.03. The minimum Gasteiger partial charge on any atom is -0.495 e. The van der Waals surface area contributed by atoms with Crippen molar-refractivity contribution in [1.29, 1.82) is 0 Å². The number of hydrogen-bond acceptors (Lipinski definition) is 4. The molecule has 0 saturated heterocycles. The molecule has 1 N–H and O–H groups in total. The van der Waals surface area contributed by atoms with Crippen LogP contribution in [0.15, 0.2) is 35.1 Å². The maximum absolute atomic E-state index is 5.90. The zero-order chi connectivity index (χ0) is 12.3. The molecule has 0 atom stereocenters. The molecular weight excluding hydrogens is 305 g/mol. The molecule has 0 amide bonds. The maximum atomic E-state index is 5.90. The standard InChI is InChI=1S/C11H9BrClN3O/c1-17-9-6-7(2-3-8(9)12)16-11-10(13)14-4-5-15-11/h2-6H,1H3,(H,15,16). The van der Waals surface area contributed by atoms with Crippen LogP contribution in [0.2, 0.25) is 5.15 Å². The van der Waals surface area contributed by atoms with Gasteiger partial charge in [-0.1, -0.05) is 11.6 Å². The number of rotatable bonds is 3. The SMILES string of the molecule is COc1cc(Nc2nccnc2Cl)ccc1Br. The molecule has 0 aliphatic heterocycles. The van der Waals surface area contributed by atoms with E-state index in [2.05, 4.69) is 31.2 Å². The highest BCUT2D eigenvalue weighted by molar-refractivity contribution is 9.10. The molecule has 1 aromatic carbocycles. The molecule has 0 spiro atoms. The van der Waals surface area contributed by atoms with Gasteiger partial charge in [0.25, 0.3) is 0 Å². The van der Waals surface area contributed by atoms with Crippen molar-refractivity contribution in [3.8, 4) is 5.75 Å². The quantitative estimate of drug-likeness (QED) is 0.939. The summed E-state index contributed by atoms with van der Waals surface area (Å²) in [6, 6.07) is 5.61. The van der Waals surface area contributed by atoms with Crippen LogP contribution in [0.25, 0.3) is 0 Å². The molecule has 17 heavy (non-hydrogen) atoms. The summed E-state index contributed by atoms with van der Waals surface area (Å²) >= 11 is 9.29. The third-order valence-electron chi connectivity index (χ3n) is 2.07. The lowest BCUT2D eigenvalue weighted by Crippen LogP contribution is -1.96. The molecule has 6 heteroatoms. The molecule has 0 saturated carbocycles. The van der Waals surface area contributed by atoms with Crippen molar-refractivity contribution in [2.24, 2.45) is 0 Å². The van der Waals surface area contributed by atoms with E-state index in [1.807, 2.05) is 18.2 Å². The lowest BCUT2D eigenvalue weighted by atomic mass is 10.3. The highest BCUT2D eigenvalue weighted by atomic mass is 79.9. The van der Waals surface area contributed by atoms with E-state index in [-0.39, 0.29) is 0 Å². The number of ether oxygens (including phenoxy) is 1. The fraction of sp³-hybridized carbons (Fsp3) is 0.0909. The first kappa shape index (κ1) is 12.1. The highest BCUT2D eigenvalue weighted by Gasteiger charge is 2.05. The third kappa shape index (κ3) is 2.87. The van der Waals surface area contributed by atoms with Crippen LogP contribution in [0.5, 0.6) is 5.75 Å². The van der Waals surface area contributed by atoms with Crippen molar-refractivity contribution in [3.05, 3.63) is 40.2 Å². The Morgan fingerprint density at radius 1 is 1.29 bits per heavy atom. The van der Waals surface area contributed by atoms with E-state index in [0.717, 1.165) is 15.9 Å². The van der Waals surface area contributed by atoms with E-state index in [4.69, 9.17) is 16.3 Å². The van der Waals surface area contributed by atoms with E-state index >= 15 is 0 Å². The summed E-state index contributed by atoms with van der Waals surface area (Å²) in [7, 11) is 1.61.